The number of rotatable bonds is 10. The number of nitrogens with zero attached hydrogens (tertiary/aromatic N) is 6. The number of nitriles is 1. The van der Waals surface area contributed by atoms with E-state index in [4.69, 9.17) is 6.57 Å². The van der Waals surface area contributed by atoms with E-state index in [1.165, 1.54) is 54.6 Å². The molecule has 0 saturated carbocycles. The number of anilines is 6. The molecular weight excluding hydrogens is 1340 g/mol. The van der Waals surface area contributed by atoms with Gasteiger partial charge in [0.15, 0.2) is 5.69 Å². The highest BCUT2D eigenvalue weighted by molar-refractivity contribution is 7.00. The van der Waals surface area contributed by atoms with Gasteiger partial charge in [-0.2, -0.15) is 5.26 Å². The molecule has 0 fully saturated rings. The fourth-order valence-electron chi connectivity index (χ4n) is 17.5. The third kappa shape index (κ3) is 11.5. The maximum atomic E-state index is 10.3. The minimum absolute atomic E-state index is 0.113. The number of para-hydroxylation sites is 4. The number of hydrogen-bond acceptors (Lipinski definition) is 3. The van der Waals surface area contributed by atoms with Crippen molar-refractivity contribution in [1.82, 2.24) is 9.13 Å². The second-order valence-corrected chi connectivity index (χ2v) is 33.1. The van der Waals surface area contributed by atoms with Crippen LogP contribution in [0, 0.1) is 17.9 Å². The van der Waals surface area contributed by atoms with E-state index < -0.39 is 0 Å². The van der Waals surface area contributed by atoms with Crippen LogP contribution in [-0.2, 0) is 16.2 Å². The molecular formula is C104H81BN6. The average Bonchev–Trinajstić information content (AvgIpc) is 0.925. The van der Waals surface area contributed by atoms with Crippen LogP contribution in [0.1, 0.15) is 84.6 Å². The van der Waals surface area contributed by atoms with Crippen molar-refractivity contribution in [3.8, 4) is 84.2 Å². The Kier molecular flexibility index (Phi) is 16.1. The van der Waals surface area contributed by atoms with E-state index in [-0.39, 0.29) is 23.0 Å². The summed E-state index contributed by atoms with van der Waals surface area (Å²) in [7, 11) is 0. The summed E-state index contributed by atoms with van der Waals surface area (Å²) in [6, 6.07) is 124. The summed E-state index contributed by atoms with van der Waals surface area (Å²) in [6.45, 7) is 28.4. The van der Waals surface area contributed by atoms with Crippen LogP contribution in [0.3, 0.4) is 0 Å². The highest BCUT2D eigenvalue weighted by atomic mass is 15.2. The van der Waals surface area contributed by atoms with Crippen LogP contribution in [-0.4, -0.2) is 15.8 Å². The van der Waals surface area contributed by atoms with Crippen molar-refractivity contribution in [3.05, 3.63) is 361 Å². The monoisotopic (exact) mass is 1420 g/mol. The Bertz CT molecular complexity index is 6610. The van der Waals surface area contributed by atoms with Gasteiger partial charge in [-0.1, -0.05) is 293 Å². The summed E-state index contributed by atoms with van der Waals surface area (Å²) < 4.78 is 4.95. The predicted octanol–water partition coefficient (Wildman–Crippen LogP) is 26.3. The lowest BCUT2D eigenvalue weighted by Crippen LogP contribution is -2.61. The Hall–Kier alpha value is -13.5. The first-order valence-electron chi connectivity index (χ1n) is 38.6. The number of aromatic nitrogens is 2. The molecule has 0 bridgehead atoms. The van der Waals surface area contributed by atoms with E-state index in [1.807, 2.05) is 24.3 Å². The van der Waals surface area contributed by atoms with Gasteiger partial charge in [-0.25, -0.2) is 4.85 Å². The van der Waals surface area contributed by atoms with Gasteiger partial charge in [0.05, 0.1) is 51.6 Å². The summed E-state index contributed by atoms with van der Waals surface area (Å²) in [4.78, 5) is 9.13. The molecule has 6 nitrogen and oxygen atoms in total. The Morgan fingerprint density at radius 3 is 1.22 bits per heavy atom. The Balaban J connectivity index is 0.994. The van der Waals surface area contributed by atoms with E-state index >= 15 is 0 Å². The van der Waals surface area contributed by atoms with Gasteiger partial charge in [0.2, 0.25) is 0 Å². The van der Waals surface area contributed by atoms with Crippen molar-refractivity contribution in [3.63, 3.8) is 0 Å². The fraction of sp³-hybridized carbons (Fsp3) is 0.115. The van der Waals surface area contributed by atoms with E-state index in [0.717, 1.165) is 134 Å². The molecule has 0 spiro atoms. The molecule has 0 amide bonds. The first-order chi connectivity index (χ1) is 53.8. The number of hydrogen-bond donors (Lipinski definition) is 0. The summed E-state index contributed by atoms with van der Waals surface area (Å²) in [5.74, 6) is 0. The number of fused-ring (bicyclic) bond motifs is 10. The molecule has 4 heterocycles. The van der Waals surface area contributed by atoms with E-state index in [9.17, 15) is 5.26 Å². The van der Waals surface area contributed by atoms with Crippen molar-refractivity contribution in [1.29, 1.82) is 5.26 Å². The third-order valence-corrected chi connectivity index (χ3v) is 23.2. The van der Waals surface area contributed by atoms with Crippen LogP contribution in [0.25, 0.3) is 127 Å². The van der Waals surface area contributed by atoms with Crippen LogP contribution in [0.2, 0.25) is 0 Å². The normalized spacial score (nSPS) is 12.7. The van der Waals surface area contributed by atoms with Gasteiger partial charge in [-0.05, 0) is 196 Å². The van der Waals surface area contributed by atoms with E-state index in [0.29, 0.717) is 11.3 Å². The second kappa shape index (κ2) is 26.2. The molecule has 0 N–H and O–H groups in total. The molecule has 2 aliphatic rings. The van der Waals surface area contributed by atoms with E-state index in [1.54, 1.807) is 0 Å². The molecule has 17 aromatic rings. The van der Waals surface area contributed by atoms with Gasteiger partial charge in [0.25, 0.3) is 6.71 Å². The van der Waals surface area contributed by atoms with Crippen molar-refractivity contribution in [2.75, 3.05) is 9.80 Å². The molecule has 0 radical (unpaired) electrons. The molecule has 7 heteroatoms. The van der Waals surface area contributed by atoms with Crippen molar-refractivity contribution < 1.29 is 0 Å². The van der Waals surface area contributed by atoms with Gasteiger partial charge in [-0.15, -0.1) is 0 Å². The smallest absolute Gasteiger partial charge is 0.252 e. The Morgan fingerprint density at radius 1 is 0.306 bits per heavy atom. The van der Waals surface area contributed by atoms with Crippen molar-refractivity contribution in [2.24, 2.45) is 0 Å². The third-order valence-electron chi connectivity index (χ3n) is 23.2. The fourth-order valence-corrected chi connectivity index (χ4v) is 17.5. The predicted molar refractivity (Wildman–Crippen MR) is 469 cm³/mol. The van der Waals surface area contributed by atoms with Gasteiger partial charge >= 0.3 is 0 Å². The summed E-state index contributed by atoms with van der Waals surface area (Å²) in [5, 5.41) is 15.1. The van der Waals surface area contributed by atoms with Crippen LogP contribution < -0.4 is 26.2 Å². The lowest BCUT2D eigenvalue weighted by atomic mass is 9.33. The zero-order valence-corrected chi connectivity index (χ0v) is 63.9. The molecule has 2 aromatic heterocycles. The minimum Gasteiger partial charge on any atom is -0.311 e. The van der Waals surface area contributed by atoms with Crippen molar-refractivity contribution >= 4 is 107 Å². The molecule has 0 atom stereocenters. The van der Waals surface area contributed by atoms with Gasteiger partial charge in [0, 0.05) is 72.4 Å². The van der Waals surface area contributed by atoms with Crippen molar-refractivity contribution in [2.45, 2.75) is 78.6 Å². The molecule has 0 aliphatic carbocycles. The zero-order chi connectivity index (χ0) is 75.8. The van der Waals surface area contributed by atoms with Crippen LogP contribution >= 0.6 is 0 Å². The summed E-state index contributed by atoms with van der Waals surface area (Å²) in [6.07, 6.45) is 0. The van der Waals surface area contributed by atoms with Gasteiger partial charge in [-0.3, -0.25) is 0 Å². The van der Waals surface area contributed by atoms with Crippen LogP contribution in [0.5, 0.6) is 0 Å². The summed E-state index contributed by atoms with van der Waals surface area (Å²) >= 11 is 0. The maximum absolute atomic E-state index is 10.3. The lowest BCUT2D eigenvalue weighted by molar-refractivity contribution is 0.590. The van der Waals surface area contributed by atoms with Crippen LogP contribution in [0.4, 0.5) is 39.8 Å². The second-order valence-electron chi connectivity index (χ2n) is 33.1. The highest BCUT2D eigenvalue weighted by Crippen LogP contribution is 2.55. The highest BCUT2D eigenvalue weighted by Gasteiger charge is 2.46. The molecule has 111 heavy (non-hydrogen) atoms. The first kappa shape index (κ1) is 68.1. The molecule has 2 aliphatic heterocycles. The van der Waals surface area contributed by atoms with Gasteiger partial charge < -0.3 is 18.9 Å². The maximum Gasteiger partial charge on any atom is 0.252 e. The first-order valence-corrected chi connectivity index (χ1v) is 38.6. The largest absolute Gasteiger partial charge is 0.311 e. The zero-order valence-electron chi connectivity index (χ0n) is 63.9. The molecule has 530 valence electrons. The topological polar surface area (TPSA) is 44.5 Å². The number of benzene rings is 15. The Morgan fingerprint density at radius 2 is 0.712 bits per heavy atom. The van der Waals surface area contributed by atoms with E-state index in [2.05, 4.69) is 395 Å². The van der Waals surface area contributed by atoms with Crippen LogP contribution in [0.15, 0.2) is 328 Å². The summed E-state index contributed by atoms with van der Waals surface area (Å²) in [5.41, 5.74) is 33.7. The minimum atomic E-state index is -0.315. The van der Waals surface area contributed by atoms with Gasteiger partial charge in [0.1, 0.15) is 0 Å². The molecule has 0 unspecified atom stereocenters. The Labute approximate surface area is 650 Å². The quantitative estimate of drug-likeness (QED) is 0.101. The molecule has 0 saturated heterocycles. The molecule has 19 rings (SSSR count). The molecule has 15 aromatic carbocycles. The standard InChI is InChI=1S/C104H81BN6/c1-102(2,3)76-47-42-70(43-48-76)87-59-74(69-40-38-66(65-106)39-41-69)60-88(73-27-23-29-78(57-73)104(7,8)9)101(87)111-97-64-81(109-93-36-20-16-32-84(93)85-33-17-21-37-94(85)109)52-54-90(97)105-89-53-51-80(108-91-34-18-14-30-82(91)83-31-15-19-35-92(83)108)63-96(89)110(98-61-75(62-99(111)100(98)105)67-24-12-11-13-25-67)95-55-46-71(68-44-49-79(107-10)50-45-68)58-86(95)72-26-22-28-77(56-72)103(4,5)6/h11-64H,1-9H3. The average molecular weight is 1430 g/mol. The SMILES string of the molecule is [C-]#[N+]c1ccc(-c2ccc(N3c4cc(-n5c6ccccc6c6ccccc65)ccc4B4c5ccc(-n6c7ccccc7c7ccccc76)cc5N(c5c(-c6ccc(C(C)(C)C)cc6)cc(-c6ccc(C#N)cc6)cc5-c5cccc(C(C)(C)C)c5)c5cc(-c6ccccc6)cc3c54)c(-c3cccc(C(C)(C)C)c3)c2)cc1. The lowest BCUT2D eigenvalue weighted by Gasteiger charge is -2.46.